The molecule has 1 aliphatic heterocycles. The molecule has 0 spiro atoms. The SMILES string of the molecule is O=C(N[C@@H]1COCC[C@@H]1OCC1CC1)c1cn[nH]c1C1CCCCC1. The maximum absolute atomic E-state index is 12.9. The standard InChI is InChI=1S/C19H29N3O3/c23-19(15-10-20-22-18(15)14-4-2-1-3-5-14)21-16-12-24-9-8-17(16)25-11-13-6-7-13/h10,13-14,16-17H,1-9,11-12H2,(H,20,22)(H,21,23)/t16-,17+/m1/s1. The Morgan fingerprint density at radius 3 is 2.88 bits per heavy atom. The fraction of sp³-hybridized carbons (Fsp3) is 0.789. The van der Waals surface area contributed by atoms with Crippen LogP contribution in [0.2, 0.25) is 0 Å². The van der Waals surface area contributed by atoms with Crippen molar-refractivity contribution in [2.45, 2.75) is 69.4 Å². The molecule has 2 heterocycles. The molecule has 0 unspecified atom stereocenters. The zero-order chi connectivity index (χ0) is 17.1. The van der Waals surface area contributed by atoms with Gasteiger partial charge in [0, 0.05) is 19.1 Å². The first-order valence-electron chi connectivity index (χ1n) is 9.84. The third kappa shape index (κ3) is 4.23. The number of hydrogen-bond donors (Lipinski definition) is 2. The number of rotatable bonds is 6. The molecule has 0 radical (unpaired) electrons. The van der Waals surface area contributed by atoms with Crippen LogP contribution in [0, 0.1) is 5.92 Å². The normalized spacial score (nSPS) is 28.0. The van der Waals surface area contributed by atoms with Crippen molar-refractivity contribution in [1.29, 1.82) is 0 Å². The molecule has 25 heavy (non-hydrogen) atoms. The van der Waals surface area contributed by atoms with E-state index in [-0.39, 0.29) is 18.1 Å². The van der Waals surface area contributed by atoms with Crippen LogP contribution in [0.5, 0.6) is 0 Å². The highest BCUT2D eigenvalue weighted by atomic mass is 16.5. The van der Waals surface area contributed by atoms with E-state index < -0.39 is 0 Å². The lowest BCUT2D eigenvalue weighted by atomic mass is 9.85. The molecule has 138 valence electrons. The van der Waals surface area contributed by atoms with Crippen molar-refractivity contribution in [2.75, 3.05) is 19.8 Å². The minimum atomic E-state index is -0.0749. The molecule has 2 N–H and O–H groups in total. The van der Waals surface area contributed by atoms with Crippen molar-refractivity contribution in [3.8, 4) is 0 Å². The molecule has 1 saturated heterocycles. The molecule has 0 bridgehead atoms. The number of aromatic nitrogens is 2. The number of hydrogen-bond acceptors (Lipinski definition) is 4. The maximum atomic E-state index is 12.9. The van der Waals surface area contributed by atoms with E-state index in [1.807, 2.05) is 0 Å². The van der Waals surface area contributed by atoms with Crippen molar-refractivity contribution >= 4 is 5.91 Å². The van der Waals surface area contributed by atoms with Crippen LogP contribution < -0.4 is 5.32 Å². The highest BCUT2D eigenvalue weighted by molar-refractivity contribution is 5.95. The van der Waals surface area contributed by atoms with Gasteiger partial charge in [-0.3, -0.25) is 9.89 Å². The summed E-state index contributed by atoms with van der Waals surface area (Å²) in [5.41, 5.74) is 1.70. The Bertz CT molecular complexity index is 578. The molecular formula is C19H29N3O3. The Morgan fingerprint density at radius 2 is 2.08 bits per heavy atom. The van der Waals surface area contributed by atoms with Gasteiger partial charge in [-0.1, -0.05) is 19.3 Å². The molecule has 3 aliphatic rings. The third-order valence-corrected chi connectivity index (χ3v) is 5.78. The third-order valence-electron chi connectivity index (χ3n) is 5.78. The molecule has 2 atom stereocenters. The summed E-state index contributed by atoms with van der Waals surface area (Å²) in [5, 5.41) is 10.4. The topological polar surface area (TPSA) is 76.2 Å². The van der Waals surface area contributed by atoms with Crippen molar-refractivity contribution in [1.82, 2.24) is 15.5 Å². The number of amides is 1. The highest BCUT2D eigenvalue weighted by Crippen LogP contribution is 2.33. The average molecular weight is 347 g/mol. The Morgan fingerprint density at radius 1 is 1.24 bits per heavy atom. The summed E-state index contributed by atoms with van der Waals surface area (Å²) in [6.07, 6.45) is 11.2. The summed E-state index contributed by atoms with van der Waals surface area (Å²) in [7, 11) is 0. The molecule has 2 saturated carbocycles. The number of H-pyrrole nitrogens is 1. The van der Waals surface area contributed by atoms with E-state index in [0.717, 1.165) is 37.5 Å². The van der Waals surface area contributed by atoms with Crippen molar-refractivity contribution in [2.24, 2.45) is 5.92 Å². The maximum Gasteiger partial charge on any atom is 0.255 e. The van der Waals surface area contributed by atoms with Crippen LogP contribution in [-0.4, -0.2) is 48.1 Å². The number of aromatic amines is 1. The smallest absolute Gasteiger partial charge is 0.255 e. The summed E-state index contributed by atoms with van der Waals surface area (Å²) >= 11 is 0. The molecule has 1 aromatic rings. The second-order valence-corrected chi connectivity index (χ2v) is 7.79. The van der Waals surface area contributed by atoms with E-state index in [4.69, 9.17) is 9.47 Å². The predicted octanol–water partition coefficient (Wildman–Crippen LogP) is 2.77. The number of nitrogens with one attached hydrogen (secondary N) is 2. The summed E-state index contributed by atoms with van der Waals surface area (Å²) in [5.74, 6) is 1.11. The summed E-state index contributed by atoms with van der Waals surface area (Å²) in [6.45, 7) is 2.05. The molecular weight excluding hydrogens is 318 g/mol. The summed E-state index contributed by atoms with van der Waals surface area (Å²) < 4.78 is 11.6. The van der Waals surface area contributed by atoms with E-state index in [9.17, 15) is 4.79 Å². The fourth-order valence-electron chi connectivity index (χ4n) is 4.02. The number of ether oxygens (including phenoxy) is 2. The minimum absolute atomic E-state index is 0.0511. The predicted molar refractivity (Wildman–Crippen MR) is 93.6 cm³/mol. The molecule has 0 aromatic carbocycles. The quantitative estimate of drug-likeness (QED) is 0.830. The van der Waals surface area contributed by atoms with Crippen molar-refractivity contribution < 1.29 is 14.3 Å². The van der Waals surface area contributed by atoms with Gasteiger partial charge in [-0.2, -0.15) is 5.10 Å². The van der Waals surface area contributed by atoms with Gasteiger partial charge in [0.15, 0.2) is 0 Å². The van der Waals surface area contributed by atoms with Gasteiger partial charge in [0.25, 0.3) is 5.91 Å². The minimum Gasteiger partial charge on any atom is -0.379 e. The highest BCUT2D eigenvalue weighted by Gasteiger charge is 2.32. The van der Waals surface area contributed by atoms with Gasteiger partial charge in [-0.15, -0.1) is 0 Å². The van der Waals surface area contributed by atoms with Crippen LogP contribution in [0.15, 0.2) is 6.20 Å². The summed E-state index contributed by atoms with van der Waals surface area (Å²) in [4.78, 5) is 12.9. The lowest BCUT2D eigenvalue weighted by Gasteiger charge is -2.32. The average Bonchev–Trinajstić information content (AvgIpc) is 3.35. The molecule has 6 nitrogen and oxygen atoms in total. The van der Waals surface area contributed by atoms with Gasteiger partial charge >= 0.3 is 0 Å². The van der Waals surface area contributed by atoms with Gasteiger partial charge in [-0.05, 0) is 38.0 Å². The molecule has 2 aliphatic carbocycles. The zero-order valence-electron chi connectivity index (χ0n) is 14.8. The first-order valence-corrected chi connectivity index (χ1v) is 9.84. The molecule has 4 rings (SSSR count). The van der Waals surface area contributed by atoms with Crippen LogP contribution in [0.25, 0.3) is 0 Å². The number of carbonyl (C=O) groups excluding carboxylic acids is 1. The van der Waals surface area contributed by atoms with Gasteiger partial charge in [0.2, 0.25) is 0 Å². The lowest BCUT2D eigenvalue weighted by Crippen LogP contribution is -2.50. The van der Waals surface area contributed by atoms with E-state index >= 15 is 0 Å². The monoisotopic (exact) mass is 347 g/mol. The molecule has 1 aromatic heterocycles. The second kappa shape index (κ2) is 7.87. The van der Waals surface area contributed by atoms with Crippen molar-refractivity contribution in [3.63, 3.8) is 0 Å². The van der Waals surface area contributed by atoms with Gasteiger partial charge < -0.3 is 14.8 Å². The van der Waals surface area contributed by atoms with Gasteiger partial charge in [0.05, 0.1) is 36.2 Å². The molecule has 1 amide bonds. The second-order valence-electron chi connectivity index (χ2n) is 7.79. The van der Waals surface area contributed by atoms with Gasteiger partial charge in [-0.25, -0.2) is 0 Å². The molecule has 3 fully saturated rings. The number of carbonyl (C=O) groups is 1. The van der Waals surface area contributed by atoms with Crippen molar-refractivity contribution in [3.05, 3.63) is 17.5 Å². The van der Waals surface area contributed by atoms with Crippen LogP contribution in [0.4, 0.5) is 0 Å². The van der Waals surface area contributed by atoms with Crippen LogP contribution in [0.3, 0.4) is 0 Å². The Balaban J connectivity index is 1.39. The fourth-order valence-corrected chi connectivity index (χ4v) is 4.02. The van der Waals surface area contributed by atoms with Gasteiger partial charge in [0.1, 0.15) is 0 Å². The number of nitrogens with zero attached hydrogens (tertiary/aromatic N) is 1. The first-order chi connectivity index (χ1) is 12.3. The zero-order valence-corrected chi connectivity index (χ0v) is 14.8. The lowest BCUT2D eigenvalue weighted by molar-refractivity contribution is -0.0567. The van der Waals surface area contributed by atoms with Crippen LogP contribution in [-0.2, 0) is 9.47 Å². The van der Waals surface area contributed by atoms with E-state index in [2.05, 4.69) is 15.5 Å². The van der Waals surface area contributed by atoms with Crippen LogP contribution >= 0.6 is 0 Å². The Labute approximate surface area is 149 Å². The Hall–Kier alpha value is -1.40. The van der Waals surface area contributed by atoms with E-state index in [1.54, 1.807) is 6.20 Å². The Kier molecular flexibility index (Phi) is 5.36. The van der Waals surface area contributed by atoms with E-state index in [1.165, 1.54) is 32.1 Å². The van der Waals surface area contributed by atoms with E-state index in [0.29, 0.717) is 24.7 Å². The van der Waals surface area contributed by atoms with Crippen LogP contribution in [0.1, 0.15) is 73.3 Å². The first kappa shape index (κ1) is 17.0. The summed E-state index contributed by atoms with van der Waals surface area (Å²) in [6, 6.07) is -0.0749. The largest absolute Gasteiger partial charge is 0.379 e. The molecule has 6 heteroatoms.